The van der Waals surface area contributed by atoms with E-state index in [4.69, 9.17) is 4.42 Å². The summed E-state index contributed by atoms with van der Waals surface area (Å²) in [7, 11) is -0.719. The molecule has 0 radical (unpaired) electrons. The van der Waals surface area contributed by atoms with E-state index in [0.717, 1.165) is 56.6 Å². The smallest absolute Gasteiger partial charge is 0.143 e. The van der Waals surface area contributed by atoms with E-state index in [1.54, 1.807) is 0 Å². The molecule has 1 aliphatic carbocycles. The third kappa shape index (κ3) is 7.04. The number of benzene rings is 7. The number of allylic oxidation sites excluding steroid dienone is 8. The zero-order chi connectivity index (χ0) is 40.0. The van der Waals surface area contributed by atoms with Gasteiger partial charge in [-0.3, -0.25) is 0 Å². The van der Waals surface area contributed by atoms with Crippen molar-refractivity contribution in [1.29, 1.82) is 0 Å². The van der Waals surface area contributed by atoms with Gasteiger partial charge in [0.1, 0.15) is 11.2 Å². The van der Waals surface area contributed by atoms with Crippen LogP contribution in [-0.2, 0) is 6.42 Å². The Kier molecular flexibility index (Phi) is 9.63. The Labute approximate surface area is 343 Å². The lowest BCUT2D eigenvalue weighted by atomic mass is 9.97. The van der Waals surface area contributed by atoms with Gasteiger partial charge < -0.3 is 9.32 Å². The summed E-state index contributed by atoms with van der Waals surface area (Å²) in [5, 5.41) is 9.42. The SMILES string of the molecule is C=C(/C=C\C=C/S(C)(C)C)C(=C)/C=C\C(=C/C)N(c1ccc(-c2ccc3ccccc3c2)cc1)c1ccc2c(c1)-c1c(ccc3oc4c5ccccc5ccc4c13)C2. The third-order valence-electron chi connectivity index (χ3n) is 11.1. The lowest BCUT2D eigenvalue weighted by Crippen LogP contribution is -2.15. The second kappa shape index (κ2) is 15.1. The van der Waals surface area contributed by atoms with Crippen LogP contribution in [0.25, 0.3) is 65.7 Å². The molecule has 58 heavy (non-hydrogen) atoms. The molecule has 0 unspecified atom stereocenters. The molecule has 0 saturated heterocycles. The minimum atomic E-state index is -0.719. The molecular weight excluding hydrogens is 723 g/mol. The number of anilines is 2. The molecule has 0 fully saturated rings. The van der Waals surface area contributed by atoms with Crippen molar-refractivity contribution in [2.75, 3.05) is 23.7 Å². The molecule has 3 heteroatoms. The molecule has 0 saturated carbocycles. The van der Waals surface area contributed by atoms with E-state index in [-0.39, 0.29) is 0 Å². The topological polar surface area (TPSA) is 16.4 Å². The Morgan fingerprint density at radius 1 is 0.621 bits per heavy atom. The predicted octanol–water partition coefficient (Wildman–Crippen LogP) is 15.6. The van der Waals surface area contributed by atoms with Crippen molar-refractivity contribution in [3.63, 3.8) is 0 Å². The van der Waals surface area contributed by atoms with Crippen LogP contribution in [0.4, 0.5) is 11.4 Å². The molecular formula is C55H47NOS. The second-order valence-electron chi connectivity index (χ2n) is 15.9. The fraction of sp³-hybridized carbons (Fsp3) is 0.0909. The van der Waals surface area contributed by atoms with E-state index >= 15 is 0 Å². The zero-order valence-corrected chi connectivity index (χ0v) is 34.4. The number of fused-ring (bicyclic) bond motifs is 10. The Balaban J connectivity index is 1.13. The highest BCUT2D eigenvalue weighted by Crippen LogP contribution is 2.48. The molecule has 0 atom stereocenters. The Morgan fingerprint density at radius 3 is 2.10 bits per heavy atom. The second-order valence-corrected chi connectivity index (χ2v) is 20.1. The van der Waals surface area contributed by atoms with Crippen molar-refractivity contribution in [2.24, 2.45) is 0 Å². The number of rotatable bonds is 10. The van der Waals surface area contributed by atoms with E-state index in [9.17, 15) is 0 Å². The summed E-state index contributed by atoms with van der Waals surface area (Å²) in [6, 6.07) is 48.4. The largest absolute Gasteiger partial charge is 0.455 e. The van der Waals surface area contributed by atoms with Crippen LogP contribution in [0.5, 0.6) is 0 Å². The molecule has 0 aliphatic heterocycles. The van der Waals surface area contributed by atoms with Crippen molar-refractivity contribution in [3.8, 4) is 22.3 Å². The summed E-state index contributed by atoms with van der Waals surface area (Å²) in [6.07, 6.45) is 20.3. The third-order valence-corrected chi connectivity index (χ3v) is 12.1. The molecule has 0 N–H and O–H groups in total. The van der Waals surface area contributed by atoms with Gasteiger partial charge in [0.2, 0.25) is 0 Å². The molecule has 0 bridgehead atoms. The first-order valence-electron chi connectivity index (χ1n) is 19.8. The van der Waals surface area contributed by atoms with E-state index < -0.39 is 10.0 Å². The summed E-state index contributed by atoms with van der Waals surface area (Å²) in [4.78, 5) is 2.35. The molecule has 7 aromatic carbocycles. The minimum Gasteiger partial charge on any atom is -0.455 e. The van der Waals surface area contributed by atoms with E-state index in [0.29, 0.717) is 0 Å². The van der Waals surface area contributed by atoms with E-state index in [1.165, 1.54) is 54.9 Å². The summed E-state index contributed by atoms with van der Waals surface area (Å²) < 4.78 is 6.65. The highest BCUT2D eigenvalue weighted by molar-refractivity contribution is 8.34. The van der Waals surface area contributed by atoms with Crippen molar-refractivity contribution < 1.29 is 4.42 Å². The van der Waals surface area contributed by atoms with E-state index in [1.807, 2.05) is 6.08 Å². The number of nitrogens with zero attached hydrogens (tertiary/aromatic N) is 1. The van der Waals surface area contributed by atoms with Gasteiger partial charge in [-0.1, -0.05) is 135 Å². The van der Waals surface area contributed by atoms with Gasteiger partial charge in [0.25, 0.3) is 0 Å². The predicted molar refractivity (Wildman–Crippen MR) is 256 cm³/mol. The van der Waals surface area contributed by atoms with Gasteiger partial charge in [-0.05, 0) is 147 Å². The molecule has 0 amide bonds. The Morgan fingerprint density at radius 2 is 1.31 bits per heavy atom. The fourth-order valence-electron chi connectivity index (χ4n) is 8.16. The maximum absolute atomic E-state index is 6.65. The van der Waals surface area contributed by atoms with Crippen LogP contribution in [0.2, 0.25) is 0 Å². The first-order chi connectivity index (χ1) is 28.1. The van der Waals surface area contributed by atoms with Crippen LogP contribution in [0.3, 0.4) is 0 Å². The number of hydrogen-bond donors (Lipinski definition) is 0. The van der Waals surface area contributed by atoms with Crippen molar-refractivity contribution in [3.05, 3.63) is 216 Å². The lowest BCUT2D eigenvalue weighted by molar-refractivity contribution is 0.672. The summed E-state index contributed by atoms with van der Waals surface area (Å²) in [6.45, 7) is 10.8. The van der Waals surface area contributed by atoms with E-state index in [2.05, 4.69) is 213 Å². The maximum Gasteiger partial charge on any atom is 0.143 e. The quantitative estimate of drug-likeness (QED) is 0.129. The monoisotopic (exact) mass is 769 g/mol. The van der Waals surface area contributed by atoms with Gasteiger partial charge in [-0.15, -0.1) is 0 Å². The first kappa shape index (κ1) is 37.1. The van der Waals surface area contributed by atoms with Gasteiger partial charge in [0.05, 0.1) is 0 Å². The molecule has 1 aliphatic rings. The van der Waals surface area contributed by atoms with Crippen molar-refractivity contribution in [1.82, 2.24) is 0 Å². The highest BCUT2D eigenvalue weighted by atomic mass is 32.3. The minimum absolute atomic E-state index is 0.719. The van der Waals surface area contributed by atoms with Crippen molar-refractivity contribution >= 4 is 64.9 Å². The first-order valence-corrected chi connectivity index (χ1v) is 22.7. The van der Waals surface area contributed by atoms with Gasteiger partial charge in [0.15, 0.2) is 0 Å². The van der Waals surface area contributed by atoms with Crippen LogP contribution in [0.15, 0.2) is 210 Å². The average molecular weight is 770 g/mol. The van der Waals surface area contributed by atoms with Crippen LogP contribution in [-0.4, -0.2) is 18.8 Å². The van der Waals surface area contributed by atoms with Crippen LogP contribution < -0.4 is 4.90 Å². The van der Waals surface area contributed by atoms with Crippen LogP contribution in [0.1, 0.15) is 18.1 Å². The number of hydrogen-bond acceptors (Lipinski definition) is 2. The van der Waals surface area contributed by atoms with Gasteiger partial charge >= 0.3 is 0 Å². The molecule has 2 nitrogen and oxygen atoms in total. The summed E-state index contributed by atoms with van der Waals surface area (Å²) >= 11 is 0. The van der Waals surface area contributed by atoms with Gasteiger partial charge in [-0.25, -0.2) is 10.0 Å². The Hall–Kier alpha value is -6.55. The molecule has 1 heterocycles. The maximum atomic E-state index is 6.65. The molecule has 0 spiro atoms. The van der Waals surface area contributed by atoms with Crippen LogP contribution >= 0.6 is 10.0 Å². The summed E-state index contributed by atoms with van der Waals surface area (Å²) in [5.74, 6) is 0. The number of furan rings is 1. The zero-order valence-electron chi connectivity index (χ0n) is 33.6. The molecule has 284 valence electrons. The average Bonchev–Trinajstić information content (AvgIpc) is 3.81. The van der Waals surface area contributed by atoms with Gasteiger partial charge in [-0.2, -0.15) is 0 Å². The standard InChI is InChI=1S/C55H47NOS/c1-7-46(27-19-38(3)37(2)14-12-13-33-58(4,5)6)56(47-28-22-40(23-29-47)43-21-20-39-15-8-9-17-42(39)34-43)48-30-24-44-35-45-26-32-52-54(53(45)51(44)36-48)50-31-25-41-16-10-11-18-49(41)55(50)57-52/h7-34,36H,2-3,35H2,1,4-6H3/b14-12-,27-19-,33-13-,46-7+. The lowest BCUT2D eigenvalue weighted by Gasteiger charge is -2.27. The molecule has 8 aromatic rings. The normalized spacial score (nSPS) is 13.4. The molecule has 1 aromatic heterocycles. The van der Waals surface area contributed by atoms with Crippen LogP contribution in [0, 0.1) is 0 Å². The van der Waals surface area contributed by atoms with Gasteiger partial charge in [0, 0.05) is 33.2 Å². The summed E-state index contributed by atoms with van der Waals surface area (Å²) in [5.41, 5.74) is 14.3. The molecule has 9 rings (SSSR count). The fourth-order valence-corrected chi connectivity index (χ4v) is 8.72. The highest BCUT2D eigenvalue weighted by Gasteiger charge is 2.26. The van der Waals surface area contributed by atoms with Crippen molar-refractivity contribution in [2.45, 2.75) is 13.3 Å². The Bertz CT molecular complexity index is 3050.